The van der Waals surface area contributed by atoms with Crippen molar-refractivity contribution in [3.8, 4) is 10.6 Å². The molecule has 1 aliphatic heterocycles. The smallest absolute Gasteiger partial charge is 0.123 e. The van der Waals surface area contributed by atoms with Crippen LogP contribution >= 0.6 is 11.3 Å². The van der Waals surface area contributed by atoms with Gasteiger partial charge in [0.1, 0.15) is 10.8 Å². The second-order valence-corrected chi connectivity index (χ2v) is 4.91. The third-order valence-corrected chi connectivity index (χ3v) is 3.84. The maximum absolute atomic E-state index is 12.8. The van der Waals surface area contributed by atoms with Crippen LogP contribution in [0.25, 0.3) is 10.6 Å². The van der Waals surface area contributed by atoms with Crippen LogP contribution < -0.4 is 5.32 Å². The molecule has 1 aliphatic rings. The molecule has 4 heteroatoms. The van der Waals surface area contributed by atoms with Crippen molar-refractivity contribution in [2.45, 2.75) is 13.0 Å². The van der Waals surface area contributed by atoms with Crippen molar-refractivity contribution in [2.24, 2.45) is 0 Å². The summed E-state index contributed by atoms with van der Waals surface area (Å²) in [6.45, 7) is 1.91. The molecule has 0 saturated carbocycles. The Morgan fingerprint density at radius 3 is 2.81 bits per heavy atom. The number of rotatable bonds is 1. The van der Waals surface area contributed by atoms with Crippen LogP contribution in [0.5, 0.6) is 0 Å². The van der Waals surface area contributed by atoms with Gasteiger partial charge in [-0.15, -0.1) is 11.3 Å². The number of hydrogen-bond donors (Lipinski definition) is 1. The third-order valence-electron chi connectivity index (χ3n) is 2.69. The third kappa shape index (κ3) is 1.74. The molecule has 0 aliphatic carbocycles. The molecule has 0 amide bonds. The summed E-state index contributed by atoms with van der Waals surface area (Å²) in [7, 11) is 0. The highest BCUT2D eigenvalue weighted by atomic mass is 32.1. The topological polar surface area (TPSA) is 24.9 Å². The van der Waals surface area contributed by atoms with E-state index in [0.717, 1.165) is 30.1 Å². The molecule has 1 N–H and O–H groups in total. The Morgan fingerprint density at radius 2 is 2.06 bits per heavy atom. The lowest BCUT2D eigenvalue weighted by Gasteiger charge is -2.09. The second kappa shape index (κ2) is 3.96. The molecule has 2 nitrogen and oxygen atoms in total. The van der Waals surface area contributed by atoms with Gasteiger partial charge in [-0.05, 0) is 24.3 Å². The molecule has 0 bridgehead atoms. The molecular formula is C12H11FN2S. The Bertz CT molecular complexity index is 481. The number of aromatic nitrogens is 1. The summed E-state index contributed by atoms with van der Waals surface area (Å²) in [4.78, 5) is 5.92. The highest BCUT2D eigenvalue weighted by Crippen LogP contribution is 2.29. The van der Waals surface area contributed by atoms with Crippen molar-refractivity contribution in [1.29, 1.82) is 0 Å². The summed E-state index contributed by atoms with van der Waals surface area (Å²) in [5, 5.41) is 4.32. The highest BCUT2D eigenvalue weighted by molar-refractivity contribution is 7.15. The van der Waals surface area contributed by atoms with E-state index in [-0.39, 0.29) is 5.82 Å². The first-order valence-electron chi connectivity index (χ1n) is 5.28. The summed E-state index contributed by atoms with van der Waals surface area (Å²) in [5.74, 6) is -0.202. The Labute approximate surface area is 97.2 Å². The van der Waals surface area contributed by atoms with Crippen molar-refractivity contribution in [3.63, 3.8) is 0 Å². The predicted molar refractivity (Wildman–Crippen MR) is 62.9 cm³/mol. The van der Waals surface area contributed by atoms with E-state index in [1.54, 1.807) is 23.5 Å². The average Bonchev–Trinajstić information content (AvgIpc) is 2.73. The molecule has 0 unspecified atom stereocenters. The number of benzene rings is 1. The van der Waals surface area contributed by atoms with Gasteiger partial charge in [-0.25, -0.2) is 9.37 Å². The molecule has 0 spiro atoms. The zero-order valence-corrected chi connectivity index (χ0v) is 9.48. The molecule has 0 radical (unpaired) electrons. The van der Waals surface area contributed by atoms with Crippen LogP contribution in [0.2, 0.25) is 0 Å². The van der Waals surface area contributed by atoms with Crippen molar-refractivity contribution >= 4 is 11.3 Å². The fourth-order valence-corrected chi connectivity index (χ4v) is 2.92. The van der Waals surface area contributed by atoms with E-state index < -0.39 is 0 Å². The number of nitrogens with zero attached hydrogens (tertiary/aromatic N) is 1. The lowest BCUT2D eigenvalue weighted by Crippen LogP contribution is -2.22. The summed E-state index contributed by atoms with van der Waals surface area (Å²) in [5.41, 5.74) is 2.20. The van der Waals surface area contributed by atoms with Gasteiger partial charge in [-0.1, -0.05) is 0 Å². The largest absolute Gasteiger partial charge is 0.311 e. The molecule has 0 atom stereocenters. The number of thiazole rings is 1. The van der Waals surface area contributed by atoms with Gasteiger partial charge in [0.15, 0.2) is 0 Å². The van der Waals surface area contributed by atoms with Gasteiger partial charge in [0.25, 0.3) is 0 Å². The van der Waals surface area contributed by atoms with E-state index in [2.05, 4.69) is 10.3 Å². The summed E-state index contributed by atoms with van der Waals surface area (Å²) in [6.07, 6.45) is 0.993. The van der Waals surface area contributed by atoms with E-state index in [4.69, 9.17) is 0 Å². The molecule has 82 valence electrons. The van der Waals surface area contributed by atoms with Gasteiger partial charge in [0.05, 0.1) is 5.69 Å². The number of fused-ring (bicyclic) bond motifs is 1. The Balaban J connectivity index is 2.00. The molecule has 0 saturated heterocycles. The Morgan fingerprint density at radius 1 is 1.25 bits per heavy atom. The standard InChI is InChI=1S/C12H11FN2S/c13-9-3-1-8(2-4-9)12-15-10-5-6-14-7-11(10)16-12/h1-4,14H,5-7H2. The van der Waals surface area contributed by atoms with Gasteiger partial charge in [0.2, 0.25) is 0 Å². The molecule has 1 aromatic heterocycles. The quantitative estimate of drug-likeness (QED) is 0.820. The first-order valence-corrected chi connectivity index (χ1v) is 6.10. The van der Waals surface area contributed by atoms with Gasteiger partial charge in [-0.3, -0.25) is 0 Å². The average molecular weight is 234 g/mol. The fraction of sp³-hybridized carbons (Fsp3) is 0.250. The van der Waals surface area contributed by atoms with Gasteiger partial charge >= 0.3 is 0 Å². The Kier molecular flexibility index (Phi) is 2.46. The van der Waals surface area contributed by atoms with Crippen LogP contribution in [0.4, 0.5) is 4.39 Å². The van der Waals surface area contributed by atoms with Crippen LogP contribution in [0.3, 0.4) is 0 Å². The van der Waals surface area contributed by atoms with Crippen LogP contribution in [-0.4, -0.2) is 11.5 Å². The monoisotopic (exact) mass is 234 g/mol. The predicted octanol–water partition coefficient (Wildman–Crippen LogP) is 2.59. The zero-order valence-electron chi connectivity index (χ0n) is 8.66. The SMILES string of the molecule is Fc1ccc(-c2nc3c(s2)CNCC3)cc1. The minimum Gasteiger partial charge on any atom is -0.311 e. The maximum atomic E-state index is 12.8. The van der Waals surface area contributed by atoms with E-state index >= 15 is 0 Å². The minimum absolute atomic E-state index is 0.202. The van der Waals surface area contributed by atoms with Crippen LogP contribution in [-0.2, 0) is 13.0 Å². The number of hydrogen-bond acceptors (Lipinski definition) is 3. The summed E-state index contributed by atoms with van der Waals surface area (Å²) in [6, 6.07) is 6.53. The maximum Gasteiger partial charge on any atom is 0.123 e. The van der Waals surface area contributed by atoms with Crippen molar-refractivity contribution in [3.05, 3.63) is 40.7 Å². The lowest BCUT2D eigenvalue weighted by molar-refractivity contribution is 0.628. The van der Waals surface area contributed by atoms with Crippen LogP contribution in [0.1, 0.15) is 10.6 Å². The molecule has 16 heavy (non-hydrogen) atoms. The number of halogens is 1. The fourth-order valence-electron chi connectivity index (χ4n) is 1.84. The summed E-state index contributed by atoms with van der Waals surface area (Å²) < 4.78 is 12.8. The van der Waals surface area contributed by atoms with Crippen molar-refractivity contribution < 1.29 is 4.39 Å². The van der Waals surface area contributed by atoms with Crippen LogP contribution in [0.15, 0.2) is 24.3 Å². The van der Waals surface area contributed by atoms with Crippen molar-refractivity contribution in [1.82, 2.24) is 10.3 Å². The number of nitrogens with one attached hydrogen (secondary N) is 1. The zero-order chi connectivity index (χ0) is 11.0. The molecule has 0 fully saturated rings. The first kappa shape index (κ1) is 9.93. The van der Waals surface area contributed by atoms with Gasteiger partial charge in [-0.2, -0.15) is 0 Å². The van der Waals surface area contributed by atoms with E-state index in [0.29, 0.717) is 0 Å². The lowest BCUT2D eigenvalue weighted by atomic mass is 10.2. The Hall–Kier alpha value is -1.26. The van der Waals surface area contributed by atoms with E-state index in [1.165, 1.54) is 22.7 Å². The molecular weight excluding hydrogens is 223 g/mol. The molecule has 2 heterocycles. The van der Waals surface area contributed by atoms with Crippen molar-refractivity contribution in [2.75, 3.05) is 6.54 Å². The van der Waals surface area contributed by atoms with Crippen LogP contribution in [0, 0.1) is 5.82 Å². The second-order valence-electron chi connectivity index (χ2n) is 3.82. The molecule has 1 aromatic carbocycles. The minimum atomic E-state index is -0.202. The van der Waals surface area contributed by atoms with Gasteiger partial charge < -0.3 is 5.32 Å². The van der Waals surface area contributed by atoms with E-state index in [9.17, 15) is 4.39 Å². The summed E-state index contributed by atoms with van der Waals surface area (Å²) >= 11 is 1.70. The highest BCUT2D eigenvalue weighted by Gasteiger charge is 2.15. The molecule has 3 rings (SSSR count). The van der Waals surface area contributed by atoms with E-state index in [1.807, 2.05) is 0 Å². The molecule has 2 aromatic rings. The van der Waals surface area contributed by atoms with Gasteiger partial charge in [0, 0.05) is 30.0 Å². The first-order chi connectivity index (χ1) is 7.83. The normalized spacial score (nSPS) is 14.8.